The zero-order valence-electron chi connectivity index (χ0n) is 24.2. The summed E-state index contributed by atoms with van der Waals surface area (Å²) < 4.78 is 27.7. The Morgan fingerprint density at radius 1 is 1.17 bits per heavy atom. The number of nitrogens with one attached hydrogen (secondary N) is 1. The van der Waals surface area contributed by atoms with Crippen molar-refractivity contribution in [3.05, 3.63) is 58.9 Å². The Morgan fingerprint density at radius 3 is 2.61 bits per heavy atom. The number of carbonyl (C=O) groups excluding carboxylic acids is 2. The molecule has 2 amide bonds. The number of fused-ring (bicyclic) bond motifs is 1. The molecule has 11 heteroatoms. The third-order valence-electron chi connectivity index (χ3n) is 8.49. The summed E-state index contributed by atoms with van der Waals surface area (Å²) in [6.45, 7) is 12.0. The van der Waals surface area contributed by atoms with E-state index in [1.54, 1.807) is 6.20 Å². The van der Waals surface area contributed by atoms with E-state index in [4.69, 9.17) is 4.98 Å². The second kappa shape index (κ2) is 13.3. The first kappa shape index (κ1) is 33.2. The van der Waals surface area contributed by atoms with Crippen LogP contribution in [0, 0.1) is 17.6 Å². The minimum atomic E-state index is -0.610. The molecule has 0 bridgehead atoms. The van der Waals surface area contributed by atoms with Gasteiger partial charge < -0.3 is 15.1 Å². The van der Waals surface area contributed by atoms with Gasteiger partial charge in [-0.1, -0.05) is 33.3 Å². The molecule has 5 rings (SSSR count). The van der Waals surface area contributed by atoms with Crippen molar-refractivity contribution in [2.24, 2.45) is 5.92 Å². The van der Waals surface area contributed by atoms with Crippen LogP contribution in [0.25, 0.3) is 0 Å². The topological polar surface area (TPSA) is 68.8 Å². The van der Waals surface area contributed by atoms with E-state index in [0.29, 0.717) is 31.0 Å². The lowest BCUT2D eigenvalue weighted by Crippen LogP contribution is -2.61. The molecule has 0 aliphatic carbocycles. The molecule has 0 spiro atoms. The molecule has 0 radical (unpaired) electrons. The molecular formula is C30H41Cl2F2N5O2. The van der Waals surface area contributed by atoms with Crippen LogP contribution >= 0.6 is 24.8 Å². The second-order valence-corrected chi connectivity index (χ2v) is 12.2. The fourth-order valence-electron chi connectivity index (χ4n) is 6.20. The molecular weight excluding hydrogens is 571 g/mol. The molecule has 7 nitrogen and oxygen atoms in total. The summed E-state index contributed by atoms with van der Waals surface area (Å²) in [7, 11) is 0. The highest BCUT2D eigenvalue weighted by Gasteiger charge is 2.41. The van der Waals surface area contributed by atoms with Gasteiger partial charge in [0.1, 0.15) is 11.6 Å². The van der Waals surface area contributed by atoms with Crippen molar-refractivity contribution in [1.29, 1.82) is 0 Å². The average Bonchev–Trinajstić information content (AvgIpc) is 3.38. The number of carbonyl (C=O) groups is 2. The molecule has 1 aromatic heterocycles. The van der Waals surface area contributed by atoms with Gasteiger partial charge in [-0.3, -0.25) is 19.5 Å². The summed E-state index contributed by atoms with van der Waals surface area (Å²) in [6.07, 6.45) is 3.60. The van der Waals surface area contributed by atoms with Gasteiger partial charge >= 0.3 is 0 Å². The van der Waals surface area contributed by atoms with Crippen LogP contribution in [0.15, 0.2) is 30.5 Å². The SMILES string of the molecule is CCC1CC(=O)N(C[C@H]2CN[C@H](C)CN2CC(=O)N2CC(C)(C)c3ncc(Cc4ccc(F)cc4F)cc32)C1.Cl.Cl. The molecule has 1 N–H and O–H groups in total. The highest BCUT2D eigenvalue weighted by molar-refractivity contribution is 5.97. The Morgan fingerprint density at radius 2 is 1.93 bits per heavy atom. The van der Waals surface area contributed by atoms with Crippen molar-refractivity contribution >= 4 is 42.3 Å². The third-order valence-corrected chi connectivity index (χ3v) is 8.49. The minimum Gasteiger partial charge on any atom is -0.341 e. The van der Waals surface area contributed by atoms with Crippen LogP contribution in [0.4, 0.5) is 14.5 Å². The first-order valence-corrected chi connectivity index (χ1v) is 14.0. The number of piperazine rings is 1. The Labute approximate surface area is 253 Å². The first-order valence-electron chi connectivity index (χ1n) is 14.0. The Balaban J connectivity index is 0.00000231. The van der Waals surface area contributed by atoms with Crippen molar-refractivity contribution in [2.75, 3.05) is 44.2 Å². The number of likely N-dealkylation sites (tertiary alicyclic amines) is 1. The van der Waals surface area contributed by atoms with Gasteiger partial charge in [-0.25, -0.2) is 8.78 Å². The number of hydrogen-bond acceptors (Lipinski definition) is 5. The molecule has 2 fully saturated rings. The van der Waals surface area contributed by atoms with Crippen LogP contribution < -0.4 is 10.2 Å². The summed E-state index contributed by atoms with van der Waals surface area (Å²) in [5.41, 5.74) is 2.43. The highest BCUT2D eigenvalue weighted by atomic mass is 35.5. The van der Waals surface area contributed by atoms with Crippen LogP contribution in [-0.4, -0.2) is 78.0 Å². The number of amides is 2. The van der Waals surface area contributed by atoms with Gasteiger partial charge in [-0.2, -0.15) is 0 Å². The van der Waals surface area contributed by atoms with E-state index in [-0.39, 0.29) is 67.1 Å². The van der Waals surface area contributed by atoms with Gasteiger partial charge in [-0.15, -0.1) is 24.8 Å². The van der Waals surface area contributed by atoms with E-state index in [2.05, 4.69) is 37.9 Å². The molecule has 1 unspecified atom stereocenters. The third kappa shape index (κ3) is 7.19. The number of nitrogens with zero attached hydrogens (tertiary/aromatic N) is 4. The van der Waals surface area contributed by atoms with Crippen molar-refractivity contribution in [3.8, 4) is 0 Å². The maximum Gasteiger partial charge on any atom is 0.241 e. The van der Waals surface area contributed by atoms with Crippen LogP contribution in [0.1, 0.15) is 57.4 Å². The zero-order chi connectivity index (χ0) is 27.9. The van der Waals surface area contributed by atoms with Crippen LogP contribution in [0.2, 0.25) is 0 Å². The lowest BCUT2D eigenvalue weighted by molar-refractivity contribution is -0.128. The molecule has 3 atom stereocenters. The van der Waals surface area contributed by atoms with Gasteiger partial charge in [0, 0.05) is 75.3 Å². The number of halogens is 4. The molecule has 2 saturated heterocycles. The molecule has 2 aromatic rings. The van der Waals surface area contributed by atoms with E-state index in [9.17, 15) is 18.4 Å². The second-order valence-electron chi connectivity index (χ2n) is 12.2. The number of rotatable bonds is 7. The largest absolute Gasteiger partial charge is 0.341 e. The lowest BCUT2D eigenvalue weighted by atomic mass is 9.91. The first-order chi connectivity index (χ1) is 18.5. The molecule has 4 heterocycles. The predicted molar refractivity (Wildman–Crippen MR) is 161 cm³/mol. The fourth-order valence-corrected chi connectivity index (χ4v) is 6.20. The molecule has 3 aliphatic rings. The maximum absolute atomic E-state index is 14.3. The van der Waals surface area contributed by atoms with E-state index < -0.39 is 11.6 Å². The van der Waals surface area contributed by atoms with Gasteiger partial charge in [0.25, 0.3) is 0 Å². The Kier molecular flexibility index (Phi) is 10.8. The maximum atomic E-state index is 14.3. The van der Waals surface area contributed by atoms with Crippen LogP contribution in [0.3, 0.4) is 0 Å². The number of benzene rings is 1. The quantitative estimate of drug-likeness (QED) is 0.504. The predicted octanol–water partition coefficient (Wildman–Crippen LogP) is 4.34. The van der Waals surface area contributed by atoms with Gasteiger partial charge in [-0.05, 0) is 36.1 Å². The van der Waals surface area contributed by atoms with E-state index in [1.165, 1.54) is 12.1 Å². The lowest BCUT2D eigenvalue weighted by Gasteiger charge is -2.41. The van der Waals surface area contributed by atoms with Gasteiger partial charge in [0.2, 0.25) is 11.8 Å². The van der Waals surface area contributed by atoms with Crippen LogP contribution in [0.5, 0.6) is 0 Å². The summed E-state index contributed by atoms with van der Waals surface area (Å²) >= 11 is 0. The number of aromatic nitrogens is 1. The molecule has 226 valence electrons. The summed E-state index contributed by atoms with van der Waals surface area (Å²) in [6, 6.07) is 5.81. The van der Waals surface area contributed by atoms with Crippen LogP contribution in [-0.2, 0) is 21.4 Å². The summed E-state index contributed by atoms with van der Waals surface area (Å²) in [5.74, 6) is -0.590. The minimum absolute atomic E-state index is 0. The summed E-state index contributed by atoms with van der Waals surface area (Å²) in [4.78, 5) is 37.1. The number of hydrogen-bond donors (Lipinski definition) is 1. The van der Waals surface area contributed by atoms with Crippen molar-refractivity contribution in [1.82, 2.24) is 20.1 Å². The average molecular weight is 613 g/mol. The van der Waals surface area contributed by atoms with Gasteiger partial charge in [0.15, 0.2) is 0 Å². The molecule has 3 aliphatic heterocycles. The molecule has 0 saturated carbocycles. The smallest absolute Gasteiger partial charge is 0.241 e. The molecule has 1 aromatic carbocycles. The van der Waals surface area contributed by atoms with E-state index in [0.717, 1.165) is 49.1 Å². The fraction of sp³-hybridized carbons (Fsp3) is 0.567. The van der Waals surface area contributed by atoms with E-state index in [1.807, 2.05) is 15.9 Å². The number of pyridine rings is 1. The van der Waals surface area contributed by atoms with Crippen molar-refractivity contribution in [3.63, 3.8) is 0 Å². The molecule has 41 heavy (non-hydrogen) atoms. The zero-order valence-corrected chi connectivity index (χ0v) is 25.8. The number of anilines is 1. The Hall–Kier alpha value is -2.33. The summed E-state index contributed by atoms with van der Waals surface area (Å²) in [5, 5.41) is 3.52. The standard InChI is InChI=1S/C30H39F2N5O2.2ClH/c1-5-20-10-27(38)36(15-20)16-24-13-33-19(2)14-35(24)17-28(39)37-18-30(3,4)29-26(37)9-21(12-34-29)8-22-6-7-23(31)11-25(22)32;;/h6-7,9,11-12,19-20,24,33H,5,8,10,13-18H2,1-4H3;2*1H/t19-,20?,24-;;/m1../s1. The van der Waals surface area contributed by atoms with Crippen molar-refractivity contribution < 1.29 is 18.4 Å². The van der Waals surface area contributed by atoms with E-state index >= 15 is 0 Å². The van der Waals surface area contributed by atoms with Crippen molar-refractivity contribution in [2.45, 2.75) is 64.5 Å². The highest BCUT2D eigenvalue weighted by Crippen LogP contribution is 2.40. The van der Waals surface area contributed by atoms with Gasteiger partial charge in [0.05, 0.1) is 17.9 Å². The monoisotopic (exact) mass is 611 g/mol. The Bertz CT molecular complexity index is 1260. The normalized spacial score (nSPS) is 23.7.